The molecule has 1 aromatic carbocycles. The van der Waals surface area contributed by atoms with Crippen LogP contribution in [0.1, 0.15) is 83.9 Å². The summed E-state index contributed by atoms with van der Waals surface area (Å²) in [6.07, 6.45) is 2.71. The molecule has 7 atom stereocenters. The van der Waals surface area contributed by atoms with Crippen molar-refractivity contribution in [3.63, 3.8) is 0 Å². The van der Waals surface area contributed by atoms with Crippen LogP contribution >= 0.6 is 0 Å². The smallest absolute Gasteiger partial charge is 0.0226 e. The van der Waals surface area contributed by atoms with Gasteiger partial charge in [0.2, 0.25) is 0 Å². The van der Waals surface area contributed by atoms with E-state index in [2.05, 4.69) is 85.5 Å². The number of fused-ring (bicyclic) bond motifs is 1. The van der Waals surface area contributed by atoms with Gasteiger partial charge in [0.25, 0.3) is 0 Å². The molecule has 1 aromatic rings. The first-order valence-electron chi connectivity index (χ1n) is 10.9. The highest BCUT2D eigenvalue weighted by Gasteiger charge is 2.73. The molecule has 2 fully saturated rings. The summed E-state index contributed by atoms with van der Waals surface area (Å²) in [4.78, 5) is 2.76. The van der Waals surface area contributed by atoms with E-state index in [1.54, 1.807) is 11.1 Å². The SMILES string of the molecule is Cc1cccc2c1[C@]13C(C)C(C)N(C)[C@H](C2C)C1(C)C(C)CCC3(C)C. The van der Waals surface area contributed by atoms with Crippen LogP contribution in [-0.2, 0) is 5.41 Å². The van der Waals surface area contributed by atoms with Gasteiger partial charge in [-0.05, 0) is 79.0 Å². The van der Waals surface area contributed by atoms with E-state index < -0.39 is 0 Å². The van der Waals surface area contributed by atoms with Gasteiger partial charge in [-0.15, -0.1) is 0 Å². The summed E-state index contributed by atoms with van der Waals surface area (Å²) >= 11 is 0. The number of aryl methyl sites for hydroxylation is 1. The Hall–Kier alpha value is -0.820. The Bertz CT molecular complexity index is 734. The van der Waals surface area contributed by atoms with Gasteiger partial charge in [0.15, 0.2) is 0 Å². The molecule has 1 saturated heterocycles. The Morgan fingerprint density at radius 2 is 1.69 bits per heavy atom. The highest BCUT2D eigenvalue weighted by atomic mass is 15.2. The number of rotatable bonds is 0. The van der Waals surface area contributed by atoms with Crippen LogP contribution in [0.2, 0.25) is 0 Å². The maximum atomic E-state index is 2.76. The third-order valence-electron chi connectivity index (χ3n) is 9.91. The molecule has 0 amide bonds. The van der Waals surface area contributed by atoms with Crippen LogP contribution in [0.25, 0.3) is 0 Å². The van der Waals surface area contributed by atoms with Crippen LogP contribution in [0.15, 0.2) is 18.2 Å². The van der Waals surface area contributed by atoms with Crippen molar-refractivity contribution in [3.8, 4) is 0 Å². The highest BCUT2D eigenvalue weighted by molar-refractivity contribution is 5.53. The summed E-state index contributed by atoms with van der Waals surface area (Å²) in [5, 5.41) is 0. The average molecular weight is 354 g/mol. The zero-order valence-electron chi connectivity index (χ0n) is 18.5. The van der Waals surface area contributed by atoms with Crippen molar-refractivity contribution in [1.82, 2.24) is 4.90 Å². The number of hydrogen-bond acceptors (Lipinski definition) is 1. The van der Waals surface area contributed by atoms with Crippen LogP contribution < -0.4 is 0 Å². The van der Waals surface area contributed by atoms with Crippen LogP contribution in [0, 0.1) is 29.6 Å². The van der Waals surface area contributed by atoms with Gasteiger partial charge in [-0.1, -0.05) is 59.7 Å². The molecule has 1 heterocycles. The van der Waals surface area contributed by atoms with Crippen LogP contribution in [0.3, 0.4) is 0 Å². The number of benzene rings is 1. The lowest BCUT2D eigenvalue weighted by Gasteiger charge is -2.77. The second-order valence-electron chi connectivity index (χ2n) is 10.9. The maximum Gasteiger partial charge on any atom is 0.0226 e. The summed E-state index contributed by atoms with van der Waals surface area (Å²) in [7, 11) is 2.41. The molecule has 5 unspecified atom stereocenters. The minimum Gasteiger partial charge on any atom is -0.299 e. The van der Waals surface area contributed by atoms with Crippen molar-refractivity contribution in [2.45, 2.75) is 91.6 Å². The van der Waals surface area contributed by atoms with Gasteiger partial charge in [0.05, 0.1) is 0 Å². The lowest BCUT2D eigenvalue weighted by Crippen LogP contribution is -2.78. The largest absolute Gasteiger partial charge is 0.299 e. The number of piperidine rings is 1. The topological polar surface area (TPSA) is 3.24 Å². The zero-order chi connectivity index (χ0) is 19.2. The summed E-state index contributed by atoms with van der Waals surface area (Å²) in [5.74, 6) is 2.01. The van der Waals surface area contributed by atoms with Gasteiger partial charge in [0, 0.05) is 17.5 Å². The molecular weight excluding hydrogens is 314 g/mol. The van der Waals surface area contributed by atoms with Gasteiger partial charge in [-0.2, -0.15) is 0 Å². The second-order valence-corrected chi connectivity index (χ2v) is 10.9. The highest BCUT2D eigenvalue weighted by Crippen LogP contribution is 2.74. The first-order chi connectivity index (χ1) is 12.0. The van der Waals surface area contributed by atoms with E-state index in [1.807, 2.05) is 0 Å². The number of hydrogen-bond donors (Lipinski definition) is 0. The van der Waals surface area contributed by atoms with Gasteiger partial charge in [-0.3, -0.25) is 4.90 Å². The van der Waals surface area contributed by atoms with Gasteiger partial charge < -0.3 is 0 Å². The predicted octanol–water partition coefficient (Wildman–Crippen LogP) is 6.15. The molecule has 0 radical (unpaired) electrons. The Balaban J connectivity index is 2.20. The Morgan fingerprint density at radius 1 is 1.04 bits per heavy atom. The minimum absolute atomic E-state index is 0.251. The van der Waals surface area contributed by atoms with Crippen LogP contribution in [0.4, 0.5) is 0 Å². The third kappa shape index (κ3) is 1.73. The zero-order valence-corrected chi connectivity index (χ0v) is 18.5. The molecule has 1 nitrogen and oxygen atoms in total. The lowest BCUT2D eigenvalue weighted by molar-refractivity contribution is -0.211. The first-order valence-corrected chi connectivity index (χ1v) is 10.9. The molecule has 2 aliphatic carbocycles. The van der Waals surface area contributed by atoms with Crippen molar-refractivity contribution in [3.05, 3.63) is 34.9 Å². The van der Waals surface area contributed by atoms with Crippen molar-refractivity contribution in [2.24, 2.45) is 22.7 Å². The minimum atomic E-state index is 0.251. The van der Waals surface area contributed by atoms with Gasteiger partial charge in [0.1, 0.15) is 0 Å². The van der Waals surface area contributed by atoms with Crippen LogP contribution in [-0.4, -0.2) is 24.0 Å². The lowest BCUT2D eigenvalue weighted by atomic mass is 9.31. The molecule has 0 aromatic heterocycles. The second kappa shape index (κ2) is 5.37. The fraction of sp³-hybridized carbons (Fsp3) is 0.760. The quantitative estimate of drug-likeness (QED) is 0.540. The number of likely N-dealkylation sites (tertiary alicyclic amines) is 1. The molecule has 26 heavy (non-hydrogen) atoms. The molecule has 1 heteroatoms. The molecule has 1 aliphatic heterocycles. The first kappa shape index (κ1) is 18.5. The van der Waals surface area contributed by atoms with Crippen molar-refractivity contribution in [1.29, 1.82) is 0 Å². The van der Waals surface area contributed by atoms with Crippen molar-refractivity contribution < 1.29 is 0 Å². The fourth-order valence-corrected chi connectivity index (χ4v) is 8.70. The van der Waals surface area contributed by atoms with E-state index in [9.17, 15) is 0 Å². The standard InChI is InChI=1S/C25H39N/c1-15-11-10-12-20-17(3)22-24(8)16(2)13-14-23(6,7)25(24,21(15)20)18(4)19(5)26(22)9/h10-12,16-19,22H,13-14H2,1-9H3/t16?,17?,18?,19?,22-,24?,25+/m1/s1. The molecule has 1 saturated carbocycles. The summed E-state index contributed by atoms with van der Waals surface area (Å²) in [5.41, 5.74) is 5.79. The third-order valence-corrected chi connectivity index (χ3v) is 9.91. The monoisotopic (exact) mass is 353 g/mol. The Morgan fingerprint density at radius 3 is 2.35 bits per heavy atom. The van der Waals surface area contributed by atoms with Crippen molar-refractivity contribution >= 4 is 0 Å². The molecule has 144 valence electrons. The normalized spacial score (nSPS) is 47.2. The Labute approximate surface area is 161 Å². The van der Waals surface area contributed by atoms with E-state index in [4.69, 9.17) is 0 Å². The number of likely N-dealkylation sites (N-methyl/N-ethyl adjacent to an activating group) is 1. The molecule has 0 spiro atoms. The van der Waals surface area contributed by atoms with E-state index in [1.165, 1.54) is 18.4 Å². The summed E-state index contributed by atoms with van der Waals surface area (Å²) < 4.78 is 0. The molecule has 2 bridgehead atoms. The fourth-order valence-electron chi connectivity index (χ4n) is 8.70. The van der Waals surface area contributed by atoms with Crippen molar-refractivity contribution in [2.75, 3.05) is 7.05 Å². The number of nitrogens with zero attached hydrogens (tertiary/aromatic N) is 1. The Kier molecular flexibility index (Phi) is 3.83. The maximum absolute atomic E-state index is 2.76. The van der Waals surface area contributed by atoms with E-state index in [-0.39, 0.29) is 5.41 Å². The van der Waals surface area contributed by atoms with Crippen LogP contribution in [0.5, 0.6) is 0 Å². The summed E-state index contributed by atoms with van der Waals surface area (Å²) in [6.45, 7) is 20.4. The van der Waals surface area contributed by atoms with E-state index in [0.717, 1.165) is 5.92 Å². The molecule has 4 rings (SSSR count). The molecule has 3 aliphatic rings. The average Bonchev–Trinajstić information content (AvgIpc) is 2.57. The van der Waals surface area contributed by atoms with Gasteiger partial charge in [-0.25, -0.2) is 0 Å². The predicted molar refractivity (Wildman–Crippen MR) is 112 cm³/mol. The van der Waals surface area contributed by atoms with Gasteiger partial charge >= 0.3 is 0 Å². The molecule has 0 N–H and O–H groups in total. The van der Waals surface area contributed by atoms with E-state index >= 15 is 0 Å². The molecular formula is C25H39N. The van der Waals surface area contributed by atoms with E-state index in [0.29, 0.717) is 34.7 Å². The summed E-state index contributed by atoms with van der Waals surface area (Å²) in [6, 6.07) is 8.37.